The number of hydrogen-bond donors (Lipinski definition) is 2. The van der Waals surface area contributed by atoms with E-state index in [2.05, 4.69) is 5.32 Å². The van der Waals surface area contributed by atoms with Gasteiger partial charge in [-0.3, -0.25) is 4.79 Å². The second-order valence-corrected chi connectivity index (χ2v) is 4.88. The van der Waals surface area contributed by atoms with E-state index in [9.17, 15) is 9.59 Å². The Hall–Kier alpha value is -3.08. The maximum Gasteiger partial charge on any atom is 0.336 e. The van der Waals surface area contributed by atoms with Crippen LogP contribution in [0.4, 0.5) is 5.69 Å². The number of carboxylic acids is 1. The molecule has 0 radical (unpaired) electrons. The Labute approximate surface area is 134 Å². The fraction of sp³-hybridized carbons (Fsp3) is 0.111. The smallest absolute Gasteiger partial charge is 0.336 e. The number of nitrogens with one attached hydrogen (secondary N) is 1. The fourth-order valence-corrected chi connectivity index (χ4v) is 2.06. The van der Waals surface area contributed by atoms with E-state index in [0.29, 0.717) is 11.3 Å². The molecule has 0 fully saturated rings. The van der Waals surface area contributed by atoms with E-state index in [1.165, 1.54) is 12.1 Å². The third-order valence-corrected chi connectivity index (χ3v) is 3.37. The number of hydrogen-bond acceptors (Lipinski definition) is 3. The number of anilines is 1. The predicted molar refractivity (Wildman–Crippen MR) is 88.8 cm³/mol. The molecule has 2 aromatic carbocycles. The van der Waals surface area contributed by atoms with Crippen LogP contribution in [0.25, 0.3) is 6.08 Å². The summed E-state index contributed by atoms with van der Waals surface area (Å²) in [5.41, 5.74) is 2.03. The number of amides is 1. The highest BCUT2D eigenvalue weighted by Crippen LogP contribution is 2.19. The van der Waals surface area contributed by atoms with E-state index in [1.54, 1.807) is 44.4 Å². The Bertz CT molecular complexity index is 748. The van der Waals surface area contributed by atoms with Crippen LogP contribution in [0.2, 0.25) is 0 Å². The molecule has 0 spiro atoms. The average molecular weight is 311 g/mol. The monoisotopic (exact) mass is 311 g/mol. The minimum Gasteiger partial charge on any atom is -0.497 e. The Balaban J connectivity index is 2.08. The highest BCUT2D eigenvalue weighted by Gasteiger charge is 2.10. The van der Waals surface area contributed by atoms with Crippen LogP contribution in [-0.4, -0.2) is 24.1 Å². The molecule has 2 N–H and O–H groups in total. The molecular weight excluding hydrogens is 294 g/mol. The normalized spacial score (nSPS) is 10.5. The highest BCUT2D eigenvalue weighted by molar-refractivity contribution is 6.03. The highest BCUT2D eigenvalue weighted by atomic mass is 16.5. The molecular formula is C18H17NO4. The molecule has 2 rings (SSSR count). The number of carboxylic acid groups (broad SMARTS) is 1. The SMILES string of the molecule is COc1ccc(/C=C/C(=O)Nc2cccc(C(=O)O)c2C)cc1. The number of carbonyl (C=O) groups excluding carboxylic acids is 1. The molecule has 2 aromatic rings. The molecule has 5 heteroatoms. The van der Waals surface area contributed by atoms with Crippen molar-refractivity contribution < 1.29 is 19.4 Å². The molecule has 0 heterocycles. The maximum atomic E-state index is 12.0. The number of rotatable bonds is 5. The zero-order valence-electron chi connectivity index (χ0n) is 12.9. The van der Waals surface area contributed by atoms with E-state index >= 15 is 0 Å². The summed E-state index contributed by atoms with van der Waals surface area (Å²) in [5, 5.41) is 11.8. The summed E-state index contributed by atoms with van der Waals surface area (Å²) in [7, 11) is 1.59. The zero-order valence-corrected chi connectivity index (χ0v) is 12.9. The van der Waals surface area contributed by atoms with Crippen molar-refractivity contribution in [1.82, 2.24) is 0 Å². The minimum absolute atomic E-state index is 0.168. The van der Waals surface area contributed by atoms with Crippen LogP contribution < -0.4 is 10.1 Å². The van der Waals surface area contributed by atoms with Gasteiger partial charge in [0.1, 0.15) is 5.75 Å². The molecule has 0 saturated carbocycles. The molecule has 0 aliphatic rings. The number of methoxy groups -OCH3 is 1. The van der Waals surface area contributed by atoms with Gasteiger partial charge in [0.05, 0.1) is 12.7 Å². The summed E-state index contributed by atoms with van der Waals surface area (Å²) in [5.74, 6) is -0.605. The topological polar surface area (TPSA) is 75.6 Å². The Morgan fingerprint density at radius 1 is 1.13 bits per heavy atom. The molecule has 0 aromatic heterocycles. The van der Waals surface area contributed by atoms with Crippen LogP contribution in [0.1, 0.15) is 21.5 Å². The van der Waals surface area contributed by atoms with Crippen LogP contribution in [-0.2, 0) is 4.79 Å². The van der Waals surface area contributed by atoms with E-state index < -0.39 is 5.97 Å². The number of benzene rings is 2. The molecule has 118 valence electrons. The molecule has 23 heavy (non-hydrogen) atoms. The Morgan fingerprint density at radius 3 is 2.43 bits per heavy atom. The van der Waals surface area contributed by atoms with Crippen molar-refractivity contribution >= 4 is 23.6 Å². The zero-order chi connectivity index (χ0) is 16.8. The summed E-state index contributed by atoms with van der Waals surface area (Å²) in [6.45, 7) is 1.66. The van der Waals surface area contributed by atoms with Crippen molar-refractivity contribution in [3.05, 3.63) is 65.2 Å². The Kier molecular flexibility index (Phi) is 5.15. The number of carbonyl (C=O) groups is 2. The molecule has 5 nitrogen and oxygen atoms in total. The fourth-order valence-electron chi connectivity index (χ4n) is 2.06. The van der Waals surface area contributed by atoms with Gasteiger partial charge < -0.3 is 15.2 Å². The van der Waals surface area contributed by atoms with E-state index in [-0.39, 0.29) is 11.5 Å². The van der Waals surface area contributed by atoms with E-state index in [1.807, 2.05) is 12.1 Å². The maximum absolute atomic E-state index is 12.0. The molecule has 0 aliphatic carbocycles. The summed E-state index contributed by atoms with van der Waals surface area (Å²) >= 11 is 0. The molecule has 0 saturated heterocycles. The minimum atomic E-state index is -1.02. The predicted octanol–water partition coefficient (Wildman–Crippen LogP) is 3.35. The third kappa shape index (κ3) is 4.20. The van der Waals surface area contributed by atoms with Gasteiger partial charge in [-0.25, -0.2) is 4.79 Å². The van der Waals surface area contributed by atoms with Crippen molar-refractivity contribution in [1.29, 1.82) is 0 Å². The van der Waals surface area contributed by atoms with E-state index in [0.717, 1.165) is 11.3 Å². The summed E-state index contributed by atoms with van der Waals surface area (Å²) in [6.07, 6.45) is 3.07. The lowest BCUT2D eigenvalue weighted by atomic mass is 10.1. The summed E-state index contributed by atoms with van der Waals surface area (Å²) in [4.78, 5) is 23.1. The van der Waals surface area contributed by atoms with Crippen LogP contribution in [0.5, 0.6) is 5.75 Å². The van der Waals surface area contributed by atoms with Gasteiger partial charge in [0.25, 0.3) is 0 Å². The second kappa shape index (κ2) is 7.26. The van der Waals surface area contributed by atoms with Crippen LogP contribution >= 0.6 is 0 Å². The van der Waals surface area contributed by atoms with Crippen LogP contribution in [0, 0.1) is 6.92 Å². The molecule has 1 amide bonds. The van der Waals surface area contributed by atoms with Crippen molar-refractivity contribution in [3.63, 3.8) is 0 Å². The van der Waals surface area contributed by atoms with Crippen LogP contribution in [0.3, 0.4) is 0 Å². The first kappa shape index (κ1) is 16.3. The lowest BCUT2D eigenvalue weighted by Crippen LogP contribution is -2.11. The first-order valence-electron chi connectivity index (χ1n) is 6.97. The lowest BCUT2D eigenvalue weighted by Gasteiger charge is -2.08. The number of ether oxygens (including phenoxy) is 1. The van der Waals surface area contributed by atoms with Crippen molar-refractivity contribution in [2.45, 2.75) is 6.92 Å². The van der Waals surface area contributed by atoms with Crippen molar-refractivity contribution in [2.75, 3.05) is 12.4 Å². The van der Waals surface area contributed by atoms with Gasteiger partial charge >= 0.3 is 5.97 Å². The summed E-state index contributed by atoms with van der Waals surface area (Å²) in [6, 6.07) is 12.0. The standard InChI is InChI=1S/C18H17NO4/c1-12-15(18(21)22)4-3-5-16(12)19-17(20)11-8-13-6-9-14(23-2)10-7-13/h3-11H,1-2H3,(H,19,20)(H,21,22)/b11-8+. The molecule has 0 unspecified atom stereocenters. The Morgan fingerprint density at radius 2 is 1.83 bits per heavy atom. The van der Waals surface area contributed by atoms with Gasteiger partial charge in [-0.1, -0.05) is 18.2 Å². The summed E-state index contributed by atoms with van der Waals surface area (Å²) < 4.78 is 5.07. The number of aromatic carboxylic acids is 1. The average Bonchev–Trinajstić information content (AvgIpc) is 2.55. The molecule has 0 bridgehead atoms. The first-order chi connectivity index (χ1) is 11.0. The van der Waals surface area contributed by atoms with Gasteiger partial charge in [0.2, 0.25) is 5.91 Å². The largest absolute Gasteiger partial charge is 0.497 e. The van der Waals surface area contributed by atoms with Crippen molar-refractivity contribution in [2.24, 2.45) is 0 Å². The van der Waals surface area contributed by atoms with Crippen LogP contribution in [0.15, 0.2) is 48.5 Å². The third-order valence-electron chi connectivity index (χ3n) is 3.37. The lowest BCUT2D eigenvalue weighted by molar-refractivity contribution is -0.111. The molecule has 0 atom stereocenters. The van der Waals surface area contributed by atoms with Crippen molar-refractivity contribution in [3.8, 4) is 5.75 Å². The van der Waals surface area contributed by atoms with Gasteiger partial charge in [-0.15, -0.1) is 0 Å². The van der Waals surface area contributed by atoms with E-state index in [4.69, 9.17) is 9.84 Å². The first-order valence-corrected chi connectivity index (χ1v) is 6.97. The van der Waals surface area contributed by atoms with Gasteiger partial charge in [0, 0.05) is 11.8 Å². The van der Waals surface area contributed by atoms with Gasteiger partial charge in [-0.2, -0.15) is 0 Å². The van der Waals surface area contributed by atoms with Gasteiger partial charge in [-0.05, 0) is 48.4 Å². The second-order valence-electron chi connectivity index (χ2n) is 4.88. The molecule has 0 aliphatic heterocycles. The quantitative estimate of drug-likeness (QED) is 0.830. The van der Waals surface area contributed by atoms with Gasteiger partial charge in [0.15, 0.2) is 0 Å².